The lowest BCUT2D eigenvalue weighted by Crippen LogP contribution is -2.07. The fourth-order valence-corrected chi connectivity index (χ4v) is 0. The predicted octanol–water partition coefficient (Wildman–Crippen LogP) is 0.806. The second-order valence-corrected chi connectivity index (χ2v) is 0.906. The zero-order chi connectivity index (χ0) is 4.28. The first-order chi connectivity index (χ1) is 2.27. The van der Waals surface area contributed by atoms with Gasteiger partial charge in [-0.1, -0.05) is 14.9 Å². The summed E-state index contributed by atoms with van der Waals surface area (Å²) in [5.74, 6) is 0.0324. The molecule has 0 amide bonds. The van der Waals surface area contributed by atoms with Crippen molar-refractivity contribution in [2.75, 3.05) is 6.54 Å². The average molecular weight is 105 g/mol. The highest BCUT2D eigenvalue weighted by atomic mass is 16.1. The quantitative estimate of drug-likeness (QED) is 0.536. The molecule has 0 aliphatic rings. The Morgan fingerprint density at radius 3 is 1.71 bits per heavy atom. The molecule has 2 heteroatoms. The Balaban J connectivity index is -0.0000000800. The van der Waals surface area contributed by atoms with Gasteiger partial charge in [-0.25, -0.2) is 0 Å². The predicted molar refractivity (Wildman–Crippen MR) is 33.2 cm³/mol. The largest absolute Gasteiger partial charge is 0.324 e. The van der Waals surface area contributed by atoms with E-state index in [0.29, 0.717) is 0 Å². The molecule has 0 saturated carbocycles. The van der Waals surface area contributed by atoms with Crippen LogP contribution in [-0.4, -0.2) is 12.3 Å². The standard InChI is InChI=1S/C3H7NO.2CH4/c1-3(5)2-4;;/h2,4H2,1H3;2*1H4. The summed E-state index contributed by atoms with van der Waals surface area (Å²) in [6.07, 6.45) is 0. The van der Waals surface area contributed by atoms with Crippen molar-refractivity contribution >= 4 is 5.78 Å². The Labute approximate surface area is 45.7 Å². The molecule has 7 heavy (non-hydrogen) atoms. The van der Waals surface area contributed by atoms with E-state index >= 15 is 0 Å². The smallest absolute Gasteiger partial charge is 0.143 e. The topological polar surface area (TPSA) is 43.1 Å². The summed E-state index contributed by atoms with van der Waals surface area (Å²) in [7, 11) is 0. The Hall–Kier alpha value is -0.370. The van der Waals surface area contributed by atoms with Crippen LogP contribution in [0, 0.1) is 0 Å². The van der Waals surface area contributed by atoms with E-state index in [9.17, 15) is 4.79 Å². The van der Waals surface area contributed by atoms with E-state index < -0.39 is 0 Å². The molecule has 2 N–H and O–H groups in total. The number of nitrogens with two attached hydrogens (primary N) is 1. The highest BCUT2D eigenvalue weighted by molar-refractivity contribution is 5.77. The molecule has 0 radical (unpaired) electrons. The maximum absolute atomic E-state index is 9.69. The molecule has 2 nitrogen and oxygen atoms in total. The van der Waals surface area contributed by atoms with Crippen LogP contribution in [0.15, 0.2) is 0 Å². The van der Waals surface area contributed by atoms with Crippen molar-refractivity contribution in [1.29, 1.82) is 0 Å². The van der Waals surface area contributed by atoms with Crippen molar-refractivity contribution in [1.82, 2.24) is 0 Å². The fourth-order valence-electron chi connectivity index (χ4n) is 0. The Morgan fingerprint density at radius 2 is 1.71 bits per heavy atom. The molecule has 0 aliphatic carbocycles. The molecule has 0 atom stereocenters. The van der Waals surface area contributed by atoms with E-state index in [1.807, 2.05) is 0 Å². The number of hydrogen-bond acceptors (Lipinski definition) is 2. The van der Waals surface area contributed by atoms with Crippen molar-refractivity contribution in [2.24, 2.45) is 5.73 Å². The van der Waals surface area contributed by atoms with Gasteiger partial charge in [0.15, 0.2) is 0 Å². The number of carbonyl (C=O) groups is 1. The number of Topliss-reactive ketones (excluding diaryl/α,β-unsaturated/α-hetero) is 1. The van der Waals surface area contributed by atoms with Gasteiger partial charge in [0.1, 0.15) is 5.78 Å². The SMILES string of the molecule is C.C.CC(=O)CN. The first-order valence-corrected chi connectivity index (χ1v) is 1.47. The van der Waals surface area contributed by atoms with E-state index in [2.05, 4.69) is 0 Å². The molecule has 46 valence electrons. The average Bonchev–Trinajstić information content (AvgIpc) is 1.38. The van der Waals surface area contributed by atoms with Gasteiger partial charge < -0.3 is 5.73 Å². The molecule has 0 heterocycles. The van der Waals surface area contributed by atoms with Crippen LogP contribution in [0.25, 0.3) is 0 Å². The number of hydrogen-bond donors (Lipinski definition) is 1. The van der Waals surface area contributed by atoms with Crippen LogP contribution in [-0.2, 0) is 4.79 Å². The summed E-state index contributed by atoms with van der Waals surface area (Å²) in [5.41, 5.74) is 4.82. The number of carbonyl (C=O) groups excluding carboxylic acids is 1. The summed E-state index contributed by atoms with van der Waals surface area (Å²) < 4.78 is 0. The molecule has 0 bridgehead atoms. The monoisotopic (exact) mass is 105 g/mol. The van der Waals surface area contributed by atoms with Crippen molar-refractivity contribution < 1.29 is 4.79 Å². The highest BCUT2D eigenvalue weighted by Gasteiger charge is 1.76. The Bertz CT molecular complexity index is 43.3. The van der Waals surface area contributed by atoms with Crippen LogP contribution in [0.5, 0.6) is 0 Å². The lowest BCUT2D eigenvalue weighted by Gasteiger charge is -1.73. The molecule has 0 aromatic carbocycles. The first kappa shape index (κ1) is 15.9. The van der Waals surface area contributed by atoms with E-state index in [1.54, 1.807) is 0 Å². The summed E-state index contributed by atoms with van der Waals surface area (Å²) in [6, 6.07) is 0. The van der Waals surface area contributed by atoms with Crippen LogP contribution in [0.2, 0.25) is 0 Å². The minimum atomic E-state index is 0. The van der Waals surface area contributed by atoms with E-state index in [1.165, 1.54) is 6.92 Å². The van der Waals surface area contributed by atoms with Crippen LogP contribution in [0.4, 0.5) is 0 Å². The van der Waals surface area contributed by atoms with Crippen LogP contribution >= 0.6 is 0 Å². The molecule has 0 rings (SSSR count). The first-order valence-electron chi connectivity index (χ1n) is 1.47. The normalized spacial score (nSPS) is 5.43. The number of ketones is 1. The molecule has 0 aromatic heterocycles. The minimum Gasteiger partial charge on any atom is -0.324 e. The van der Waals surface area contributed by atoms with Gasteiger partial charge in [0.05, 0.1) is 6.54 Å². The van der Waals surface area contributed by atoms with Crippen molar-refractivity contribution in [3.63, 3.8) is 0 Å². The second-order valence-electron chi connectivity index (χ2n) is 0.906. The van der Waals surface area contributed by atoms with Crippen LogP contribution in [0.1, 0.15) is 21.8 Å². The summed E-state index contributed by atoms with van der Waals surface area (Å²) >= 11 is 0. The van der Waals surface area contributed by atoms with Gasteiger partial charge >= 0.3 is 0 Å². The molecule has 0 unspecified atom stereocenters. The van der Waals surface area contributed by atoms with Gasteiger partial charge in [0.25, 0.3) is 0 Å². The number of rotatable bonds is 1. The molecule has 0 saturated heterocycles. The summed E-state index contributed by atoms with van der Waals surface area (Å²) in [6.45, 7) is 1.62. The van der Waals surface area contributed by atoms with Gasteiger partial charge in [-0.2, -0.15) is 0 Å². The second kappa shape index (κ2) is 9.16. The highest BCUT2D eigenvalue weighted by Crippen LogP contribution is 1.51. The van der Waals surface area contributed by atoms with E-state index in [4.69, 9.17) is 5.73 Å². The summed E-state index contributed by atoms with van der Waals surface area (Å²) in [4.78, 5) is 9.69. The van der Waals surface area contributed by atoms with Gasteiger partial charge in [0.2, 0.25) is 0 Å². The zero-order valence-electron chi connectivity index (χ0n) is 3.19. The lowest BCUT2D eigenvalue weighted by atomic mass is 10.5. The third-order valence-electron chi connectivity index (χ3n) is 0.287. The molecular formula is C5H15NO. The lowest BCUT2D eigenvalue weighted by molar-refractivity contribution is -0.115. The third-order valence-corrected chi connectivity index (χ3v) is 0.287. The van der Waals surface area contributed by atoms with E-state index in [-0.39, 0.29) is 27.2 Å². The third kappa shape index (κ3) is 27.9. The van der Waals surface area contributed by atoms with Gasteiger partial charge in [-0.3, -0.25) is 4.79 Å². The fraction of sp³-hybridized carbons (Fsp3) is 0.800. The summed E-state index contributed by atoms with van der Waals surface area (Å²) in [5, 5.41) is 0. The van der Waals surface area contributed by atoms with Crippen molar-refractivity contribution in [3.05, 3.63) is 0 Å². The Morgan fingerprint density at radius 1 is 1.57 bits per heavy atom. The van der Waals surface area contributed by atoms with Gasteiger partial charge in [-0.15, -0.1) is 0 Å². The van der Waals surface area contributed by atoms with Crippen LogP contribution < -0.4 is 5.73 Å². The molecule has 0 fully saturated rings. The maximum Gasteiger partial charge on any atom is 0.143 e. The molecular weight excluding hydrogens is 90.1 g/mol. The Kier molecular flexibility index (Phi) is 20.9. The van der Waals surface area contributed by atoms with Crippen molar-refractivity contribution in [3.8, 4) is 0 Å². The van der Waals surface area contributed by atoms with Crippen molar-refractivity contribution in [2.45, 2.75) is 21.8 Å². The van der Waals surface area contributed by atoms with Crippen LogP contribution in [0.3, 0.4) is 0 Å². The maximum atomic E-state index is 9.69. The van der Waals surface area contributed by atoms with Gasteiger partial charge in [-0.05, 0) is 6.92 Å². The molecule has 0 aliphatic heterocycles. The van der Waals surface area contributed by atoms with E-state index in [0.717, 1.165) is 0 Å². The molecule has 0 spiro atoms. The minimum absolute atomic E-state index is 0. The zero-order valence-corrected chi connectivity index (χ0v) is 3.19. The van der Waals surface area contributed by atoms with Gasteiger partial charge in [0, 0.05) is 0 Å². The molecule has 0 aromatic rings.